The average molecular weight is 504 g/mol. The molecular formula is C32H25NO5. The van der Waals surface area contributed by atoms with Crippen LogP contribution in [0.25, 0.3) is 17.0 Å². The highest BCUT2D eigenvalue weighted by Crippen LogP contribution is 2.34. The zero-order valence-corrected chi connectivity index (χ0v) is 21.0. The number of fused-ring (bicyclic) bond motifs is 1. The molecule has 0 saturated carbocycles. The van der Waals surface area contributed by atoms with E-state index in [1.807, 2.05) is 60.7 Å². The van der Waals surface area contributed by atoms with E-state index in [-0.39, 0.29) is 11.1 Å². The molecule has 5 rings (SSSR count). The topological polar surface area (TPSA) is 69.0 Å². The first-order chi connectivity index (χ1) is 18.6. The summed E-state index contributed by atoms with van der Waals surface area (Å²) >= 11 is 0. The quantitative estimate of drug-likeness (QED) is 0.127. The average Bonchev–Trinajstić information content (AvgIpc) is 2.96. The van der Waals surface area contributed by atoms with Crippen LogP contribution in [0, 0.1) is 0 Å². The zero-order chi connectivity index (χ0) is 26.5. The molecule has 0 bridgehead atoms. The lowest BCUT2D eigenvalue weighted by Crippen LogP contribution is -2.12. The maximum atomic E-state index is 12.9. The van der Waals surface area contributed by atoms with Crippen LogP contribution in [0.15, 0.2) is 118 Å². The van der Waals surface area contributed by atoms with E-state index in [4.69, 9.17) is 13.9 Å². The van der Waals surface area contributed by atoms with Crippen molar-refractivity contribution in [2.75, 3.05) is 19.1 Å². The third-order valence-corrected chi connectivity index (χ3v) is 6.12. The van der Waals surface area contributed by atoms with E-state index in [9.17, 15) is 9.59 Å². The molecule has 188 valence electrons. The second-order valence-electron chi connectivity index (χ2n) is 8.48. The normalized spacial score (nSPS) is 11.0. The lowest BCUT2D eigenvalue weighted by atomic mass is 10.1. The first-order valence-corrected chi connectivity index (χ1v) is 12.0. The number of ether oxygens (including phenoxy) is 2. The molecule has 6 heteroatoms. The van der Waals surface area contributed by atoms with Gasteiger partial charge < -0.3 is 18.8 Å². The Hall–Kier alpha value is -5.10. The van der Waals surface area contributed by atoms with Crippen LogP contribution in [0.2, 0.25) is 0 Å². The molecule has 0 N–H and O–H groups in total. The molecule has 0 aliphatic rings. The van der Waals surface area contributed by atoms with Gasteiger partial charge in [0, 0.05) is 29.2 Å². The summed E-state index contributed by atoms with van der Waals surface area (Å²) in [6, 6.07) is 32.8. The van der Waals surface area contributed by atoms with Crippen molar-refractivity contribution in [2.24, 2.45) is 0 Å². The van der Waals surface area contributed by atoms with Gasteiger partial charge in [0.2, 0.25) is 0 Å². The third kappa shape index (κ3) is 5.06. The molecule has 4 aromatic carbocycles. The summed E-state index contributed by atoms with van der Waals surface area (Å²) in [5.74, 6) is 0.467. The largest absolute Gasteiger partial charge is 0.496 e. The van der Waals surface area contributed by atoms with Gasteiger partial charge in [0.15, 0.2) is 5.78 Å². The lowest BCUT2D eigenvalue weighted by Gasteiger charge is -2.25. The van der Waals surface area contributed by atoms with Crippen molar-refractivity contribution in [3.63, 3.8) is 0 Å². The Morgan fingerprint density at radius 2 is 1.37 bits per heavy atom. The molecule has 0 unspecified atom stereocenters. The molecule has 6 nitrogen and oxygen atoms in total. The number of carbonyl (C=O) groups excluding carboxylic acids is 1. The van der Waals surface area contributed by atoms with Crippen LogP contribution in [-0.4, -0.2) is 20.0 Å². The van der Waals surface area contributed by atoms with Gasteiger partial charge in [-0.3, -0.25) is 4.79 Å². The molecule has 0 aliphatic heterocycles. The number of carbonyl (C=O) groups is 1. The molecule has 0 aliphatic carbocycles. The third-order valence-electron chi connectivity index (χ3n) is 6.12. The molecule has 0 fully saturated rings. The summed E-state index contributed by atoms with van der Waals surface area (Å²) in [6.07, 6.45) is 3.05. The molecular weight excluding hydrogens is 478 g/mol. The van der Waals surface area contributed by atoms with Crippen LogP contribution < -0.4 is 20.0 Å². The predicted molar refractivity (Wildman–Crippen MR) is 150 cm³/mol. The summed E-state index contributed by atoms with van der Waals surface area (Å²) in [7, 11) is 3.01. The summed E-state index contributed by atoms with van der Waals surface area (Å²) in [4.78, 5) is 27.6. The molecule has 1 aromatic heterocycles. The highest BCUT2D eigenvalue weighted by Gasteiger charge is 2.16. The van der Waals surface area contributed by atoms with Crippen molar-refractivity contribution in [1.29, 1.82) is 0 Å². The van der Waals surface area contributed by atoms with Crippen molar-refractivity contribution >= 4 is 39.9 Å². The van der Waals surface area contributed by atoms with Gasteiger partial charge in [-0.1, -0.05) is 54.6 Å². The predicted octanol–water partition coefficient (Wildman–Crippen LogP) is 7.18. The highest BCUT2D eigenvalue weighted by molar-refractivity contribution is 6.08. The fourth-order valence-corrected chi connectivity index (χ4v) is 4.22. The number of allylic oxidation sites excluding steroid dienone is 1. The Balaban J connectivity index is 1.42. The number of para-hydroxylation sites is 2. The molecule has 38 heavy (non-hydrogen) atoms. The molecule has 0 amide bonds. The van der Waals surface area contributed by atoms with Gasteiger partial charge in [0.05, 0.1) is 19.6 Å². The lowest BCUT2D eigenvalue weighted by molar-refractivity contribution is 0.104. The fourth-order valence-electron chi connectivity index (χ4n) is 4.22. The number of anilines is 3. The van der Waals surface area contributed by atoms with Crippen molar-refractivity contribution in [3.8, 4) is 11.5 Å². The SMILES string of the molecule is COc1cc(OC)c2cc(C(=O)C=Cc3ccc(N(c4ccccc4)c4ccccc4)cc3)c(=O)oc2c1. The standard InChI is InChI=1S/C32H25NO5/c1-36-26-19-30(37-2)28-21-27(32(35)38-31(28)20-26)29(34)18-15-22-13-16-25(17-14-22)33(23-9-5-3-6-10-23)24-11-7-4-8-12-24/h3-21H,1-2H3. The molecule has 5 aromatic rings. The van der Waals surface area contributed by atoms with Crippen LogP contribution in [0.1, 0.15) is 15.9 Å². The Bertz CT molecular complexity index is 1620. The zero-order valence-electron chi connectivity index (χ0n) is 21.0. The number of ketones is 1. The minimum atomic E-state index is -0.723. The summed E-state index contributed by atoms with van der Waals surface area (Å²) in [5.41, 5.74) is 3.34. The Kier molecular flexibility index (Phi) is 7.04. The van der Waals surface area contributed by atoms with Crippen molar-refractivity contribution in [2.45, 2.75) is 0 Å². The van der Waals surface area contributed by atoms with Gasteiger partial charge >= 0.3 is 5.63 Å². The van der Waals surface area contributed by atoms with E-state index in [2.05, 4.69) is 29.2 Å². The number of rotatable bonds is 8. The Labute approximate surface area is 220 Å². The van der Waals surface area contributed by atoms with Crippen molar-refractivity contribution < 1.29 is 18.7 Å². The van der Waals surface area contributed by atoms with Crippen LogP contribution in [0.5, 0.6) is 11.5 Å². The number of benzene rings is 4. The first kappa shape index (κ1) is 24.6. The molecule has 0 atom stereocenters. The molecule has 0 spiro atoms. The second kappa shape index (κ2) is 10.9. The number of nitrogens with zero attached hydrogens (tertiary/aromatic N) is 1. The van der Waals surface area contributed by atoms with Crippen LogP contribution in [0.4, 0.5) is 17.1 Å². The summed E-state index contributed by atoms with van der Waals surface area (Å²) < 4.78 is 16.0. The second-order valence-corrected chi connectivity index (χ2v) is 8.48. The maximum Gasteiger partial charge on any atom is 0.347 e. The summed E-state index contributed by atoms with van der Waals surface area (Å²) in [5, 5.41) is 0.510. The van der Waals surface area contributed by atoms with Crippen LogP contribution in [-0.2, 0) is 0 Å². The summed E-state index contributed by atoms with van der Waals surface area (Å²) in [6.45, 7) is 0. The van der Waals surface area contributed by atoms with Gasteiger partial charge in [-0.05, 0) is 54.1 Å². The van der Waals surface area contributed by atoms with Crippen molar-refractivity contribution in [3.05, 3.63) is 131 Å². The smallest absolute Gasteiger partial charge is 0.347 e. The van der Waals surface area contributed by atoms with E-state index in [1.54, 1.807) is 18.2 Å². The molecule has 1 heterocycles. The highest BCUT2D eigenvalue weighted by atomic mass is 16.5. The Morgan fingerprint density at radius 1 is 0.763 bits per heavy atom. The van der Waals surface area contributed by atoms with E-state index < -0.39 is 11.4 Å². The first-order valence-electron chi connectivity index (χ1n) is 12.0. The Morgan fingerprint density at radius 3 is 1.95 bits per heavy atom. The van der Waals surface area contributed by atoms with Gasteiger partial charge in [-0.15, -0.1) is 0 Å². The van der Waals surface area contributed by atoms with E-state index in [0.717, 1.165) is 22.6 Å². The van der Waals surface area contributed by atoms with Crippen molar-refractivity contribution in [1.82, 2.24) is 0 Å². The monoisotopic (exact) mass is 503 g/mol. The number of hydrogen-bond donors (Lipinski definition) is 0. The number of methoxy groups -OCH3 is 2. The van der Waals surface area contributed by atoms with Crippen LogP contribution >= 0.6 is 0 Å². The van der Waals surface area contributed by atoms with Gasteiger partial charge in [-0.2, -0.15) is 0 Å². The van der Waals surface area contributed by atoms with Crippen LogP contribution in [0.3, 0.4) is 0 Å². The molecule has 0 radical (unpaired) electrons. The van der Waals surface area contributed by atoms with Gasteiger partial charge in [0.25, 0.3) is 0 Å². The van der Waals surface area contributed by atoms with Gasteiger partial charge in [0.1, 0.15) is 22.6 Å². The minimum Gasteiger partial charge on any atom is -0.496 e. The van der Waals surface area contributed by atoms with E-state index in [1.165, 1.54) is 26.4 Å². The number of hydrogen-bond acceptors (Lipinski definition) is 6. The van der Waals surface area contributed by atoms with E-state index >= 15 is 0 Å². The fraction of sp³-hybridized carbons (Fsp3) is 0.0625. The molecule has 0 saturated heterocycles. The van der Waals surface area contributed by atoms with E-state index in [0.29, 0.717) is 16.9 Å². The maximum absolute atomic E-state index is 12.9. The van der Waals surface area contributed by atoms with Gasteiger partial charge in [-0.25, -0.2) is 4.79 Å². The minimum absolute atomic E-state index is 0.0758.